The monoisotopic (exact) mass is 412 g/mol. The molecule has 2 N–H and O–H groups in total. The van der Waals surface area contributed by atoms with Crippen molar-refractivity contribution in [1.29, 1.82) is 0 Å². The van der Waals surface area contributed by atoms with Gasteiger partial charge in [0.1, 0.15) is 5.82 Å². The van der Waals surface area contributed by atoms with Crippen molar-refractivity contribution in [3.8, 4) is 11.5 Å². The van der Waals surface area contributed by atoms with Gasteiger partial charge in [-0.1, -0.05) is 36.0 Å². The molecule has 29 heavy (non-hydrogen) atoms. The zero-order chi connectivity index (χ0) is 20.2. The molecule has 1 heterocycles. The van der Waals surface area contributed by atoms with Gasteiger partial charge < -0.3 is 15.1 Å². The number of hydrogen-bond acceptors (Lipinski definition) is 6. The molecule has 2 amide bonds. The van der Waals surface area contributed by atoms with E-state index in [9.17, 15) is 14.0 Å². The molecule has 1 saturated carbocycles. The number of anilines is 1. The Morgan fingerprint density at radius 1 is 1.10 bits per heavy atom. The Bertz CT molecular complexity index is 1050. The van der Waals surface area contributed by atoms with Crippen molar-refractivity contribution in [3.63, 3.8) is 0 Å². The van der Waals surface area contributed by atoms with Gasteiger partial charge in [-0.05, 0) is 37.1 Å². The second-order valence-corrected chi connectivity index (χ2v) is 7.41. The molecule has 0 saturated heterocycles. The van der Waals surface area contributed by atoms with Gasteiger partial charge in [-0.2, -0.15) is 0 Å². The van der Waals surface area contributed by atoms with Gasteiger partial charge in [-0.25, -0.2) is 4.39 Å². The first kappa shape index (κ1) is 19.1. The van der Waals surface area contributed by atoms with Crippen molar-refractivity contribution >= 4 is 29.3 Å². The highest BCUT2D eigenvalue weighted by Gasteiger charge is 2.25. The van der Waals surface area contributed by atoms with Crippen LogP contribution in [0.3, 0.4) is 0 Å². The Morgan fingerprint density at radius 2 is 1.86 bits per heavy atom. The highest BCUT2D eigenvalue weighted by Crippen LogP contribution is 2.25. The molecule has 0 atom stereocenters. The van der Waals surface area contributed by atoms with E-state index in [-0.39, 0.29) is 40.3 Å². The SMILES string of the molecule is O=C(CSc1nnc(-c2ccccc2F)o1)Nc1ccccc1C(=O)NC1CC1. The zero-order valence-corrected chi connectivity index (χ0v) is 16.0. The van der Waals surface area contributed by atoms with Crippen LogP contribution in [0, 0.1) is 5.82 Å². The lowest BCUT2D eigenvalue weighted by Gasteiger charge is -2.10. The number of thioether (sulfide) groups is 1. The summed E-state index contributed by atoms with van der Waals surface area (Å²) in [7, 11) is 0. The number of amides is 2. The summed E-state index contributed by atoms with van der Waals surface area (Å²) in [6.45, 7) is 0. The number of para-hydroxylation sites is 1. The number of carbonyl (C=O) groups excluding carboxylic acids is 2. The molecule has 2 aromatic carbocycles. The number of nitrogens with one attached hydrogen (secondary N) is 2. The third-order valence-corrected chi connectivity index (χ3v) is 5.01. The maximum atomic E-state index is 13.8. The van der Waals surface area contributed by atoms with Crippen molar-refractivity contribution in [2.24, 2.45) is 0 Å². The largest absolute Gasteiger partial charge is 0.411 e. The Hall–Kier alpha value is -3.20. The fourth-order valence-corrected chi connectivity index (χ4v) is 3.17. The Morgan fingerprint density at radius 3 is 2.66 bits per heavy atom. The van der Waals surface area contributed by atoms with Crippen molar-refractivity contribution in [3.05, 3.63) is 59.9 Å². The van der Waals surface area contributed by atoms with Crippen LogP contribution >= 0.6 is 11.8 Å². The topological polar surface area (TPSA) is 97.1 Å². The zero-order valence-electron chi connectivity index (χ0n) is 15.2. The van der Waals surface area contributed by atoms with Crippen molar-refractivity contribution in [2.75, 3.05) is 11.1 Å². The lowest BCUT2D eigenvalue weighted by Crippen LogP contribution is -2.27. The normalized spacial score (nSPS) is 13.1. The van der Waals surface area contributed by atoms with Crippen molar-refractivity contribution in [2.45, 2.75) is 24.1 Å². The summed E-state index contributed by atoms with van der Waals surface area (Å²) >= 11 is 1.03. The van der Waals surface area contributed by atoms with Gasteiger partial charge in [0, 0.05) is 6.04 Å². The molecule has 1 aliphatic rings. The number of aromatic nitrogens is 2. The van der Waals surface area contributed by atoms with E-state index in [0.717, 1.165) is 24.6 Å². The Kier molecular flexibility index (Phi) is 5.57. The number of nitrogens with zero attached hydrogens (tertiary/aromatic N) is 2. The van der Waals surface area contributed by atoms with Crippen LogP contribution < -0.4 is 10.6 Å². The number of hydrogen-bond donors (Lipinski definition) is 2. The van der Waals surface area contributed by atoms with Crippen LogP contribution in [0.1, 0.15) is 23.2 Å². The second-order valence-electron chi connectivity index (χ2n) is 6.48. The van der Waals surface area contributed by atoms with Gasteiger partial charge in [0.25, 0.3) is 17.0 Å². The minimum Gasteiger partial charge on any atom is -0.411 e. The van der Waals surface area contributed by atoms with E-state index in [1.165, 1.54) is 12.1 Å². The van der Waals surface area contributed by atoms with Crippen LogP contribution in [-0.4, -0.2) is 33.8 Å². The molecule has 0 bridgehead atoms. The molecular weight excluding hydrogens is 395 g/mol. The lowest BCUT2D eigenvalue weighted by molar-refractivity contribution is -0.113. The summed E-state index contributed by atoms with van der Waals surface area (Å²) in [6, 6.07) is 13.1. The smallest absolute Gasteiger partial charge is 0.277 e. The number of halogens is 1. The van der Waals surface area contributed by atoms with Crippen molar-refractivity contribution in [1.82, 2.24) is 15.5 Å². The Labute approximate surface area is 170 Å². The quantitative estimate of drug-likeness (QED) is 0.577. The van der Waals surface area contributed by atoms with E-state index < -0.39 is 5.82 Å². The molecule has 7 nitrogen and oxygen atoms in total. The van der Waals surface area contributed by atoms with Crippen LogP contribution in [0.5, 0.6) is 0 Å². The molecular formula is C20H17FN4O3S. The van der Waals surface area contributed by atoms with Gasteiger partial charge in [-0.15, -0.1) is 10.2 Å². The van der Waals surface area contributed by atoms with Crippen LogP contribution in [0.15, 0.2) is 58.2 Å². The average Bonchev–Trinajstić information content (AvgIpc) is 3.41. The maximum absolute atomic E-state index is 13.8. The van der Waals surface area contributed by atoms with Crippen LogP contribution in [-0.2, 0) is 4.79 Å². The molecule has 1 fully saturated rings. The fraction of sp³-hybridized carbons (Fsp3) is 0.200. The van der Waals surface area contributed by atoms with Gasteiger partial charge in [0.2, 0.25) is 5.91 Å². The minimum atomic E-state index is -0.466. The molecule has 4 rings (SSSR count). The summed E-state index contributed by atoms with van der Waals surface area (Å²) in [5, 5.41) is 13.4. The van der Waals surface area contributed by atoms with E-state index in [2.05, 4.69) is 20.8 Å². The van der Waals surface area contributed by atoms with Crippen LogP contribution in [0.4, 0.5) is 10.1 Å². The van der Waals surface area contributed by atoms with E-state index >= 15 is 0 Å². The Balaban J connectivity index is 1.36. The molecule has 0 unspecified atom stereocenters. The molecule has 9 heteroatoms. The third kappa shape index (κ3) is 4.80. The predicted molar refractivity (Wildman–Crippen MR) is 106 cm³/mol. The second kappa shape index (κ2) is 8.44. The van der Waals surface area contributed by atoms with Gasteiger partial charge in [-0.3, -0.25) is 9.59 Å². The van der Waals surface area contributed by atoms with E-state index in [4.69, 9.17) is 4.42 Å². The first-order valence-corrected chi connectivity index (χ1v) is 9.99. The molecule has 0 spiro atoms. The average molecular weight is 412 g/mol. The van der Waals surface area contributed by atoms with Gasteiger partial charge in [0.05, 0.1) is 22.6 Å². The maximum Gasteiger partial charge on any atom is 0.277 e. The predicted octanol–water partition coefficient (Wildman–Crippen LogP) is 3.50. The summed E-state index contributed by atoms with van der Waals surface area (Å²) in [5.41, 5.74) is 1.05. The molecule has 1 aromatic heterocycles. The third-order valence-electron chi connectivity index (χ3n) is 4.20. The minimum absolute atomic E-state index is 0.00250. The number of carbonyl (C=O) groups is 2. The molecule has 3 aromatic rings. The fourth-order valence-electron chi connectivity index (χ4n) is 2.61. The summed E-state index contributed by atoms with van der Waals surface area (Å²) in [4.78, 5) is 24.6. The summed E-state index contributed by atoms with van der Waals surface area (Å²) < 4.78 is 19.2. The first-order valence-electron chi connectivity index (χ1n) is 9.01. The molecule has 0 radical (unpaired) electrons. The summed E-state index contributed by atoms with van der Waals surface area (Å²) in [6.07, 6.45) is 1.96. The molecule has 148 valence electrons. The van der Waals surface area contributed by atoms with Gasteiger partial charge in [0.15, 0.2) is 0 Å². The van der Waals surface area contributed by atoms with E-state index in [1.807, 2.05) is 0 Å². The van der Waals surface area contributed by atoms with Crippen LogP contribution in [0.2, 0.25) is 0 Å². The molecule has 0 aliphatic heterocycles. The van der Waals surface area contributed by atoms with E-state index in [1.54, 1.807) is 36.4 Å². The van der Waals surface area contributed by atoms with Gasteiger partial charge >= 0.3 is 0 Å². The highest BCUT2D eigenvalue weighted by atomic mass is 32.2. The highest BCUT2D eigenvalue weighted by molar-refractivity contribution is 7.99. The van der Waals surface area contributed by atoms with E-state index in [0.29, 0.717) is 11.3 Å². The lowest BCUT2D eigenvalue weighted by atomic mass is 10.1. The summed E-state index contributed by atoms with van der Waals surface area (Å²) in [5.74, 6) is -0.952. The van der Waals surface area contributed by atoms with Crippen molar-refractivity contribution < 1.29 is 18.4 Å². The first-order chi connectivity index (χ1) is 14.1. The standard InChI is InChI=1S/C20H17FN4O3S/c21-15-7-3-1-5-13(15)19-24-25-20(28-19)29-11-17(26)23-16-8-4-2-6-14(16)18(27)22-12-9-10-12/h1-8,12H,9-11H2,(H,22,27)(H,23,26). The van der Waals surface area contributed by atoms with Crippen LogP contribution in [0.25, 0.3) is 11.5 Å². The number of benzene rings is 2. The molecule has 1 aliphatic carbocycles. The number of rotatable bonds is 7.